The first-order valence-corrected chi connectivity index (χ1v) is 17.4. The van der Waals surface area contributed by atoms with Crippen LogP contribution in [0.2, 0.25) is 0 Å². The standard InChI is InChI=1S/C38H50F3N3O7/c1-36(2,3)51-35(47)43-21-31(24-8-11-29(49-6)12-9-24)37(4,23-43)34(46)44-20-26(18-28(44)22-48-5)30-13-10-27(38(39,40)41)19-32(30)42-16-14-25(15-17-42)33(45)50-7/h8-13,19,25-26,28,31H,14-18,20-23H2,1-7H3/t26-,28+,31+,37-/m1/s1. The molecule has 4 atom stereocenters. The van der Waals surface area contributed by atoms with Crippen molar-refractivity contribution < 1.29 is 46.5 Å². The highest BCUT2D eigenvalue weighted by atomic mass is 19.4. The van der Waals surface area contributed by atoms with Gasteiger partial charge in [-0.25, -0.2) is 4.79 Å². The van der Waals surface area contributed by atoms with Crippen molar-refractivity contribution in [2.45, 2.75) is 76.6 Å². The predicted octanol–water partition coefficient (Wildman–Crippen LogP) is 6.48. The van der Waals surface area contributed by atoms with E-state index in [-0.39, 0.29) is 61.9 Å². The minimum absolute atomic E-state index is 0.124. The molecule has 10 nitrogen and oxygen atoms in total. The number of piperidine rings is 1. The van der Waals surface area contributed by atoms with Crippen LogP contribution in [0.25, 0.3) is 0 Å². The first-order chi connectivity index (χ1) is 24.0. The number of alkyl halides is 3. The van der Waals surface area contributed by atoms with Crippen LogP contribution in [0.4, 0.5) is 23.7 Å². The van der Waals surface area contributed by atoms with E-state index in [9.17, 15) is 27.6 Å². The summed E-state index contributed by atoms with van der Waals surface area (Å²) >= 11 is 0. The average Bonchev–Trinajstić information content (AvgIpc) is 3.68. The van der Waals surface area contributed by atoms with E-state index in [0.717, 1.165) is 17.2 Å². The molecule has 0 saturated carbocycles. The van der Waals surface area contributed by atoms with Gasteiger partial charge in [-0.05, 0) is 82.3 Å². The van der Waals surface area contributed by atoms with Gasteiger partial charge in [0.05, 0.1) is 43.8 Å². The molecule has 0 aliphatic carbocycles. The maximum atomic E-state index is 15.0. The van der Waals surface area contributed by atoms with Crippen molar-refractivity contribution in [2.24, 2.45) is 11.3 Å². The molecule has 280 valence electrons. The van der Waals surface area contributed by atoms with Crippen molar-refractivity contribution >= 4 is 23.7 Å². The van der Waals surface area contributed by atoms with Gasteiger partial charge in [-0.3, -0.25) is 9.59 Å². The van der Waals surface area contributed by atoms with Crippen molar-refractivity contribution in [1.82, 2.24) is 9.80 Å². The third-order valence-electron chi connectivity index (χ3n) is 10.6. The Morgan fingerprint density at radius 2 is 1.61 bits per heavy atom. The van der Waals surface area contributed by atoms with Crippen LogP contribution in [-0.4, -0.2) is 100 Å². The molecular weight excluding hydrogens is 667 g/mol. The third kappa shape index (κ3) is 8.23. The van der Waals surface area contributed by atoms with E-state index in [1.54, 1.807) is 44.8 Å². The molecule has 0 spiro atoms. The first-order valence-electron chi connectivity index (χ1n) is 17.4. The maximum absolute atomic E-state index is 15.0. The van der Waals surface area contributed by atoms with Crippen LogP contribution in [0.5, 0.6) is 5.75 Å². The van der Waals surface area contributed by atoms with Gasteiger partial charge in [0, 0.05) is 57.4 Å². The molecule has 0 unspecified atom stereocenters. The lowest BCUT2D eigenvalue weighted by Gasteiger charge is -2.36. The third-order valence-corrected chi connectivity index (χ3v) is 10.6. The first kappa shape index (κ1) is 38.2. The van der Waals surface area contributed by atoms with Crippen LogP contribution in [0, 0.1) is 11.3 Å². The number of methoxy groups -OCH3 is 3. The van der Waals surface area contributed by atoms with Crippen molar-refractivity contribution in [3.05, 3.63) is 59.2 Å². The molecule has 3 aliphatic heterocycles. The highest BCUT2D eigenvalue weighted by molar-refractivity contribution is 5.86. The van der Waals surface area contributed by atoms with Gasteiger partial charge in [0.15, 0.2) is 0 Å². The lowest BCUT2D eigenvalue weighted by atomic mass is 9.74. The zero-order valence-electron chi connectivity index (χ0n) is 30.5. The molecular formula is C38H50F3N3O7. The lowest BCUT2D eigenvalue weighted by molar-refractivity contribution is -0.146. The molecule has 3 heterocycles. The van der Waals surface area contributed by atoms with Gasteiger partial charge >= 0.3 is 18.2 Å². The van der Waals surface area contributed by atoms with Crippen LogP contribution >= 0.6 is 0 Å². The molecule has 3 aliphatic rings. The molecule has 2 aromatic rings. The van der Waals surface area contributed by atoms with Crippen molar-refractivity contribution in [3.8, 4) is 5.75 Å². The van der Waals surface area contributed by atoms with Gasteiger partial charge in [-0.2, -0.15) is 13.2 Å². The minimum Gasteiger partial charge on any atom is -0.497 e. The largest absolute Gasteiger partial charge is 0.497 e. The SMILES string of the molecule is COC[C@@H]1C[C@@H](c2ccc(C(F)(F)F)cc2N2CCC(C(=O)OC)CC2)CN1C(=O)[C@]1(C)CN(C(=O)OC(C)(C)C)C[C@H]1c1ccc(OC)cc1. The van der Waals surface area contributed by atoms with Crippen LogP contribution < -0.4 is 9.64 Å². The number of likely N-dealkylation sites (tertiary alicyclic amines) is 2. The fourth-order valence-corrected chi connectivity index (χ4v) is 7.92. The number of hydrogen-bond donors (Lipinski definition) is 0. The van der Waals surface area contributed by atoms with Gasteiger partial charge in [-0.1, -0.05) is 18.2 Å². The number of hydrogen-bond acceptors (Lipinski definition) is 8. The maximum Gasteiger partial charge on any atom is 0.416 e. The van der Waals surface area contributed by atoms with Crippen molar-refractivity contribution in [1.29, 1.82) is 0 Å². The summed E-state index contributed by atoms with van der Waals surface area (Å²) < 4.78 is 63.6. The van der Waals surface area contributed by atoms with Crippen molar-refractivity contribution in [3.63, 3.8) is 0 Å². The van der Waals surface area contributed by atoms with Crippen molar-refractivity contribution in [2.75, 3.05) is 65.6 Å². The second kappa shape index (κ2) is 14.9. The molecule has 2 amide bonds. The van der Waals surface area contributed by atoms with E-state index in [0.29, 0.717) is 43.8 Å². The zero-order valence-corrected chi connectivity index (χ0v) is 30.5. The summed E-state index contributed by atoms with van der Waals surface area (Å²) in [5.41, 5.74) is -0.478. The Hall–Kier alpha value is -4.00. The topological polar surface area (TPSA) is 97.9 Å². The summed E-state index contributed by atoms with van der Waals surface area (Å²) in [4.78, 5) is 45.8. The molecule has 51 heavy (non-hydrogen) atoms. The zero-order chi connectivity index (χ0) is 37.3. The second-order valence-electron chi connectivity index (χ2n) is 15.2. The summed E-state index contributed by atoms with van der Waals surface area (Å²) in [6, 6.07) is 11.0. The molecule has 3 fully saturated rings. The van der Waals surface area contributed by atoms with Crippen LogP contribution in [0.1, 0.15) is 75.5 Å². The average molecular weight is 718 g/mol. The van der Waals surface area contributed by atoms with Gasteiger partial charge < -0.3 is 33.6 Å². The van der Waals surface area contributed by atoms with Gasteiger partial charge in [0.1, 0.15) is 11.4 Å². The number of rotatable bonds is 8. The van der Waals surface area contributed by atoms with E-state index in [4.69, 9.17) is 18.9 Å². The van der Waals surface area contributed by atoms with Gasteiger partial charge in [0.2, 0.25) is 5.91 Å². The number of amides is 2. The van der Waals surface area contributed by atoms with E-state index in [1.165, 1.54) is 19.2 Å². The number of carbonyl (C=O) groups excluding carboxylic acids is 3. The Balaban J connectivity index is 1.48. The summed E-state index contributed by atoms with van der Waals surface area (Å²) in [6.45, 7) is 8.94. The molecule has 0 bridgehead atoms. The fraction of sp³-hybridized carbons (Fsp3) is 0.605. The van der Waals surface area contributed by atoms with Gasteiger partial charge in [0.25, 0.3) is 0 Å². The molecule has 0 N–H and O–H groups in total. The van der Waals surface area contributed by atoms with E-state index in [1.807, 2.05) is 36.1 Å². The number of ether oxygens (including phenoxy) is 4. The fourth-order valence-electron chi connectivity index (χ4n) is 7.92. The molecule has 13 heteroatoms. The van der Waals surface area contributed by atoms with E-state index in [2.05, 4.69) is 0 Å². The summed E-state index contributed by atoms with van der Waals surface area (Å²) in [5.74, 6) is -0.772. The van der Waals surface area contributed by atoms with Crippen LogP contribution in [0.15, 0.2) is 42.5 Å². The predicted molar refractivity (Wildman–Crippen MR) is 185 cm³/mol. The monoisotopic (exact) mass is 717 g/mol. The van der Waals surface area contributed by atoms with Gasteiger partial charge in [-0.15, -0.1) is 0 Å². The Labute approximate surface area is 298 Å². The minimum atomic E-state index is -4.54. The number of anilines is 1. The summed E-state index contributed by atoms with van der Waals surface area (Å²) in [5, 5.41) is 0. The molecule has 5 rings (SSSR count). The Kier molecular flexibility index (Phi) is 11.2. The van der Waals surface area contributed by atoms with Crippen LogP contribution in [-0.2, 0) is 30.0 Å². The number of halogens is 3. The van der Waals surface area contributed by atoms with Crippen LogP contribution in [0.3, 0.4) is 0 Å². The smallest absolute Gasteiger partial charge is 0.416 e. The number of benzene rings is 2. The molecule has 2 aromatic carbocycles. The van der Waals surface area contributed by atoms with E-state index < -0.39 is 28.8 Å². The number of nitrogens with zero attached hydrogens (tertiary/aromatic N) is 3. The Morgan fingerprint density at radius 3 is 2.18 bits per heavy atom. The highest BCUT2D eigenvalue weighted by Crippen LogP contribution is 2.48. The molecule has 0 radical (unpaired) electrons. The summed E-state index contributed by atoms with van der Waals surface area (Å²) in [6.07, 6.45) is -3.64. The van der Waals surface area contributed by atoms with E-state index >= 15 is 0 Å². The second-order valence-corrected chi connectivity index (χ2v) is 15.2. The molecule has 3 saturated heterocycles. The highest BCUT2D eigenvalue weighted by Gasteiger charge is 2.54. The Morgan fingerprint density at radius 1 is 0.941 bits per heavy atom. The quantitative estimate of drug-likeness (QED) is 0.287. The summed E-state index contributed by atoms with van der Waals surface area (Å²) in [7, 11) is 4.48. The number of carbonyl (C=O) groups is 3. The Bertz CT molecular complexity index is 1570. The number of esters is 1. The normalized spacial score (nSPS) is 24.5. The molecule has 0 aromatic heterocycles. The lowest BCUT2D eigenvalue weighted by Crippen LogP contribution is -2.49.